The Balaban J connectivity index is 2.60. The van der Waals surface area contributed by atoms with E-state index in [1.54, 1.807) is 20.8 Å². The molecule has 0 saturated heterocycles. The van der Waals surface area contributed by atoms with Crippen LogP contribution < -0.4 is 21.4 Å². The second-order valence-electron chi connectivity index (χ2n) is 6.41. The molecule has 3 N–H and O–H groups in total. The summed E-state index contributed by atoms with van der Waals surface area (Å²) < 4.78 is 17.7. The van der Waals surface area contributed by atoms with Crippen LogP contribution in [0.25, 0.3) is 0 Å². The van der Waals surface area contributed by atoms with Gasteiger partial charge in [0.15, 0.2) is 8.45 Å². The van der Waals surface area contributed by atoms with E-state index in [-0.39, 0.29) is 25.4 Å². The molecule has 0 aliphatic heterocycles. The summed E-state index contributed by atoms with van der Waals surface area (Å²) in [5.41, 5.74) is -0.955. The molecular formula is C17H29N4O7P. The first-order chi connectivity index (χ1) is 13.8. The van der Waals surface area contributed by atoms with Crippen LogP contribution in [0.15, 0.2) is 21.9 Å². The first-order valence-electron chi connectivity index (χ1n) is 9.16. The third kappa shape index (κ3) is 9.91. The highest BCUT2D eigenvalue weighted by Crippen LogP contribution is 2.28. The van der Waals surface area contributed by atoms with Gasteiger partial charge in [-0.15, -0.1) is 0 Å². The van der Waals surface area contributed by atoms with Gasteiger partial charge in [0.2, 0.25) is 0 Å². The largest absolute Gasteiger partial charge is 0.462 e. The van der Waals surface area contributed by atoms with Crippen LogP contribution >= 0.6 is 8.45 Å². The normalized spacial score (nSPS) is 14.4. The highest BCUT2D eigenvalue weighted by molar-refractivity contribution is 7.48. The smallest absolute Gasteiger partial charge is 0.328 e. The van der Waals surface area contributed by atoms with E-state index in [0.29, 0.717) is 19.3 Å². The van der Waals surface area contributed by atoms with Crippen molar-refractivity contribution in [3.05, 3.63) is 33.1 Å². The maximum atomic E-state index is 12.0. The van der Waals surface area contributed by atoms with Gasteiger partial charge >= 0.3 is 11.7 Å². The van der Waals surface area contributed by atoms with E-state index in [9.17, 15) is 19.2 Å². The Morgan fingerprint density at radius 3 is 2.66 bits per heavy atom. The van der Waals surface area contributed by atoms with E-state index in [0.717, 1.165) is 0 Å². The maximum absolute atomic E-state index is 12.0. The van der Waals surface area contributed by atoms with E-state index in [4.69, 9.17) is 14.0 Å². The molecule has 29 heavy (non-hydrogen) atoms. The highest BCUT2D eigenvalue weighted by Gasteiger charge is 2.22. The molecule has 1 rings (SSSR count). The van der Waals surface area contributed by atoms with Crippen LogP contribution in [0.2, 0.25) is 0 Å². The van der Waals surface area contributed by atoms with Gasteiger partial charge in [0, 0.05) is 25.9 Å². The summed E-state index contributed by atoms with van der Waals surface area (Å²) in [6, 6.07) is 0.632. The number of rotatable bonds is 14. The number of esters is 1. The van der Waals surface area contributed by atoms with Crippen LogP contribution in [-0.2, 0) is 30.1 Å². The molecule has 0 radical (unpaired) electrons. The fourth-order valence-corrected chi connectivity index (χ4v) is 3.41. The Labute approximate surface area is 170 Å². The number of hydrogen-bond acceptors (Lipinski definition) is 9. The molecular weight excluding hydrogens is 403 g/mol. The number of carbonyl (C=O) groups is 2. The van der Waals surface area contributed by atoms with Gasteiger partial charge in [0.25, 0.3) is 5.56 Å². The monoisotopic (exact) mass is 432 g/mol. The maximum Gasteiger partial charge on any atom is 0.328 e. The van der Waals surface area contributed by atoms with E-state index < -0.39 is 31.7 Å². The number of nitrogens with one attached hydrogen (secondary N) is 3. The molecule has 0 amide bonds. The fourth-order valence-electron chi connectivity index (χ4n) is 2.14. The lowest BCUT2D eigenvalue weighted by molar-refractivity contribution is -0.149. The minimum Gasteiger partial charge on any atom is -0.462 e. The highest BCUT2D eigenvalue weighted by atomic mass is 31.2. The van der Waals surface area contributed by atoms with Crippen molar-refractivity contribution < 1.29 is 23.6 Å². The van der Waals surface area contributed by atoms with Crippen LogP contribution in [-0.4, -0.2) is 60.3 Å². The number of carbonyl (C=O) groups excluding carboxylic acids is 2. The number of aldehydes is 1. The molecule has 3 unspecified atom stereocenters. The van der Waals surface area contributed by atoms with Gasteiger partial charge in [-0.25, -0.2) is 9.88 Å². The number of aromatic amines is 1. The number of H-pyrrole nitrogens is 1. The van der Waals surface area contributed by atoms with Crippen LogP contribution in [0.1, 0.15) is 27.2 Å². The SMILES string of the molecule is COC(CCn1ccc(=O)[nH]c1=O)COP(NCC=O)NC(C)C(=O)OC(C)C. The molecule has 0 aromatic carbocycles. The van der Waals surface area contributed by atoms with Gasteiger partial charge in [-0.05, 0) is 27.2 Å². The molecule has 0 fully saturated rings. The van der Waals surface area contributed by atoms with Crippen LogP contribution in [0.3, 0.4) is 0 Å². The van der Waals surface area contributed by atoms with E-state index in [2.05, 4.69) is 15.2 Å². The van der Waals surface area contributed by atoms with E-state index in [1.807, 2.05) is 0 Å². The summed E-state index contributed by atoms with van der Waals surface area (Å²) in [5, 5.41) is 5.86. The summed E-state index contributed by atoms with van der Waals surface area (Å²) in [5.74, 6) is -0.426. The van der Waals surface area contributed by atoms with Crippen molar-refractivity contribution >= 4 is 20.7 Å². The summed E-state index contributed by atoms with van der Waals surface area (Å²) in [6.07, 6.45) is 1.96. The Bertz CT molecular complexity index is 752. The number of ether oxygens (including phenoxy) is 2. The summed E-state index contributed by atoms with van der Waals surface area (Å²) >= 11 is 0. The quantitative estimate of drug-likeness (QED) is 0.209. The molecule has 11 nitrogen and oxygen atoms in total. The second-order valence-corrected chi connectivity index (χ2v) is 7.83. The third-order valence-corrected chi connectivity index (χ3v) is 5.15. The molecule has 0 bridgehead atoms. The summed E-state index contributed by atoms with van der Waals surface area (Å²) in [4.78, 5) is 47.7. The molecule has 12 heteroatoms. The minimum atomic E-state index is -1.51. The Hall–Kier alpha value is -1.91. The zero-order valence-corrected chi connectivity index (χ0v) is 17.9. The lowest BCUT2D eigenvalue weighted by Gasteiger charge is -2.24. The van der Waals surface area contributed by atoms with E-state index >= 15 is 0 Å². The van der Waals surface area contributed by atoms with Crippen LogP contribution in [0.5, 0.6) is 0 Å². The Morgan fingerprint density at radius 1 is 1.34 bits per heavy atom. The van der Waals surface area contributed by atoms with Crippen molar-refractivity contribution in [2.75, 3.05) is 20.3 Å². The molecule has 1 heterocycles. The average Bonchev–Trinajstić information content (AvgIpc) is 2.66. The molecule has 164 valence electrons. The number of nitrogens with zero attached hydrogens (tertiary/aromatic N) is 1. The van der Waals surface area contributed by atoms with E-state index in [1.165, 1.54) is 23.9 Å². The van der Waals surface area contributed by atoms with Gasteiger partial charge in [-0.3, -0.25) is 19.7 Å². The Kier molecular flexibility index (Phi) is 11.6. The molecule has 1 aromatic rings. The minimum absolute atomic E-state index is 0.0507. The molecule has 0 spiro atoms. The van der Waals surface area contributed by atoms with Crippen LogP contribution in [0, 0.1) is 0 Å². The van der Waals surface area contributed by atoms with Gasteiger partial charge in [-0.2, -0.15) is 0 Å². The van der Waals surface area contributed by atoms with Gasteiger partial charge in [-0.1, -0.05) is 0 Å². The predicted molar refractivity (Wildman–Crippen MR) is 108 cm³/mol. The number of aryl methyl sites for hydroxylation is 1. The molecule has 1 aromatic heterocycles. The molecule has 0 saturated carbocycles. The average molecular weight is 432 g/mol. The van der Waals surface area contributed by atoms with Crippen molar-refractivity contribution in [3.63, 3.8) is 0 Å². The van der Waals surface area contributed by atoms with Gasteiger partial charge < -0.3 is 23.4 Å². The fraction of sp³-hybridized carbons (Fsp3) is 0.647. The summed E-state index contributed by atoms with van der Waals surface area (Å²) in [7, 11) is 0.00946. The van der Waals surface area contributed by atoms with Crippen molar-refractivity contribution in [2.24, 2.45) is 0 Å². The predicted octanol–water partition coefficient (Wildman–Crippen LogP) is -0.0966. The van der Waals surface area contributed by atoms with Gasteiger partial charge in [0.05, 0.1) is 25.4 Å². The number of aromatic nitrogens is 2. The number of hydrogen-bond donors (Lipinski definition) is 3. The number of methoxy groups -OCH3 is 1. The standard InChI is InChI=1S/C17H29N4O7P/c1-12(2)28-16(24)13(3)20-29(18-7-10-22)27-11-14(26-4)5-8-21-9-6-15(23)19-17(21)25/h6,9-10,12-14,18,20H,5,7-8,11H2,1-4H3,(H,19,23,25). The lowest BCUT2D eigenvalue weighted by Crippen LogP contribution is -2.37. The lowest BCUT2D eigenvalue weighted by atomic mass is 10.2. The zero-order valence-electron chi connectivity index (χ0n) is 17.0. The second kappa shape index (κ2) is 13.3. The Morgan fingerprint density at radius 2 is 2.07 bits per heavy atom. The zero-order chi connectivity index (χ0) is 21.8. The first kappa shape index (κ1) is 25.1. The van der Waals surface area contributed by atoms with Crippen molar-refractivity contribution in [2.45, 2.75) is 52.0 Å². The van der Waals surface area contributed by atoms with Crippen molar-refractivity contribution in [1.29, 1.82) is 0 Å². The molecule has 0 aliphatic rings. The summed E-state index contributed by atoms with van der Waals surface area (Å²) in [6.45, 7) is 5.68. The van der Waals surface area contributed by atoms with Crippen molar-refractivity contribution in [3.8, 4) is 0 Å². The topological polar surface area (TPSA) is 141 Å². The molecule has 3 atom stereocenters. The third-order valence-electron chi connectivity index (χ3n) is 3.65. The molecule has 0 aliphatic carbocycles. The van der Waals surface area contributed by atoms with Crippen LogP contribution in [0.4, 0.5) is 0 Å². The van der Waals surface area contributed by atoms with Crippen molar-refractivity contribution in [1.82, 2.24) is 19.7 Å². The van der Waals surface area contributed by atoms with Gasteiger partial charge in [0.1, 0.15) is 12.3 Å². The first-order valence-corrected chi connectivity index (χ1v) is 10.4.